The first kappa shape index (κ1) is 17.8. The Hall–Kier alpha value is -1.26. The van der Waals surface area contributed by atoms with Crippen LogP contribution in [0, 0.1) is 0 Å². The molecule has 0 bridgehead atoms. The quantitative estimate of drug-likeness (QED) is 0.616. The molecule has 1 aromatic rings. The summed E-state index contributed by atoms with van der Waals surface area (Å²) < 4.78 is 11.0. The fourth-order valence-corrected chi connectivity index (χ4v) is 2.19. The third-order valence-electron chi connectivity index (χ3n) is 3.60. The van der Waals surface area contributed by atoms with Crippen LogP contribution in [-0.2, 0) is 0 Å². The number of hydrogen-bond acceptors (Lipinski definition) is 4. The maximum Gasteiger partial charge on any atom is 0.161 e. The van der Waals surface area contributed by atoms with Gasteiger partial charge in [0, 0.05) is 5.54 Å². The highest BCUT2D eigenvalue weighted by Gasteiger charge is 2.21. The Morgan fingerprint density at radius 3 is 2.52 bits per heavy atom. The van der Waals surface area contributed by atoms with E-state index in [1.807, 2.05) is 24.3 Å². The first-order chi connectivity index (χ1) is 10.1. The van der Waals surface area contributed by atoms with E-state index in [4.69, 9.17) is 9.47 Å². The van der Waals surface area contributed by atoms with Crippen molar-refractivity contribution in [3.63, 3.8) is 0 Å². The molecule has 4 nitrogen and oxygen atoms in total. The molecule has 4 heteroatoms. The average Bonchev–Trinajstić information content (AvgIpc) is 2.53. The lowest BCUT2D eigenvalue weighted by Gasteiger charge is -2.28. The van der Waals surface area contributed by atoms with Crippen molar-refractivity contribution in [2.24, 2.45) is 0 Å². The van der Waals surface area contributed by atoms with Crippen molar-refractivity contribution >= 4 is 0 Å². The predicted octanol–water partition coefficient (Wildman–Crippen LogP) is 2.99. The fourth-order valence-electron chi connectivity index (χ4n) is 2.19. The van der Waals surface area contributed by atoms with Gasteiger partial charge in [-0.25, -0.2) is 0 Å². The maximum atomic E-state index is 9.50. The number of benzene rings is 1. The summed E-state index contributed by atoms with van der Waals surface area (Å²) >= 11 is 0. The van der Waals surface area contributed by atoms with Crippen LogP contribution >= 0.6 is 0 Å². The van der Waals surface area contributed by atoms with Crippen LogP contribution in [0.1, 0.15) is 39.5 Å². The summed E-state index contributed by atoms with van der Waals surface area (Å²) in [5.74, 6) is 1.55. The van der Waals surface area contributed by atoms with Gasteiger partial charge in [0.05, 0.1) is 20.3 Å². The predicted molar refractivity (Wildman–Crippen MR) is 86.1 cm³/mol. The highest BCUT2D eigenvalue weighted by atomic mass is 16.5. The number of hydrogen-bond donors (Lipinski definition) is 2. The van der Waals surface area contributed by atoms with Gasteiger partial charge in [-0.2, -0.15) is 0 Å². The Bertz CT molecular complexity index is 397. The zero-order chi connectivity index (χ0) is 15.6. The summed E-state index contributed by atoms with van der Waals surface area (Å²) in [6, 6.07) is 7.68. The summed E-state index contributed by atoms with van der Waals surface area (Å²) in [4.78, 5) is 0. The summed E-state index contributed by atoms with van der Waals surface area (Å²) in [6.07, 6.45) is 4.00. The van der Waals surface area contributed by atoms with Crippen LogP contribution in [0.4, 0.5) is 0 Å². The van der Waals surface area contributed by atoms with Crippen LogP contribution in [0.5, 0.6) is 11.5 Å². The molecule has 0 aliphatic heterocycles. The van der Waals surface area contributed by atoms with Gasteiger partial charge in [-0.1, -0.05) is 19.1 Å². The molecule has 1 rings (SSSR count). The summed E-state index contributed by atoms with van der Waals surface area (Å²) in [5, 5.41) is 12.9. The van der Waals surface area contributed by atoms with Gasteiger partial charge in [0.1, 0.15) is 0 Å². The normalized spacial score (nSPS) is 13.7. The van der Waals surface area contributed by atoms with Gasteiger partial charge in [0.2, 0.25) is 0 Å². The van der Waals surface area contributed by atoms with E-state index in [9.17, 15) is 5.11 Å². The number of aliphatic hydroxyl groups excluding tert-OH is 1. The van der Waals surface area contributed by atoms with Gasteiger partial charge >= 0.3 is 0 Å². The van der Waals surface area contributed by atoms with E-state index in [2.05, 4.69) is 19.2 Å². The van der Waals surface area contributed by atoms with Crippen LogP contribution in [0.3, 0.4) is 0 Å². The van der Waals surface area contributed by atoms with E-state index in [0.717, 1.165) is 43.7 Å². The average molecular weight is 295 g/mol. The smallest absolute Gasteiger partial charge is 0.161 e. The molecule has 0 saturated heterocycles. The Labute approximate surface area is 128 Å². The minimum Gasteiger partial charge on any atom is -0.493 e. The molecule has 0 aliphatic rings. The Morgan fingerprint density at radius 1 is 1.19 bits per heavy atom. The minimum absolute atomic E-state index is 0.167. The van der Waals surface area contributed by atoms with E-state index in [0.29, 0.717) is 6.61 Å². The SMILES string of the molecule is CCCNC(C)(CO)CCCCOc1ccccc1OC. The molecule has 0 heterocycles. The summed E-state index contributed by atoms with van der Waals surface area (Å²) in [5.41, 5.74) is -0.180. The van der Waals surface area contributed by atoms with Gasteiger partial charge in [-0.3, -0.25) is 0 Å². The fraction of sp³-hybridized carbons (Fsp3) is 0.647. The van der Waals surface area contributed by atoms with E-state index >= 15 is 0 Å². The van der Waals surface area contributed by atoms with Crippen LogP contribution in [0.15, 0.2) is 24.3 Å². The highest BCUT2D eigenvalue weighted by Crippen LogP contribution is 2.26. The summed E-state index contributed by atoms with van der Waals surface area (Å²) in [6.45, 7) is 5.97. The zero-order valence-corrected chi connectivity index (χ0v) is 13.5. The van der Waals surface area contributed by atoms with Crippen molar-refractivity contribution in [3.8, 4) is 11.5 Å². The van der Waals surface area contributed by atoms with Crippen LogP contribution in [-0.4, -0.2) is 37.5 Å². The molecule has 1 atom stereocenters. The van der Waals surface area contributed by atoms with Crippen molar-refractivity contribution in [2.45, 2.75) is 45.1 Å². The molecular formula is C17H29NO3. The van der Waals surface area contributed by atoms with E-state index in [-0.39, 0.29) is 12.1 Å². The number of nitrogens with one attached hydrogen (secondary N) is 1. The van der Waals surface area contributed by atoms with Crippen LogP contribution in [0.2, 0.25) is 0 Å². The molecule has 0 spiro atoms. The van der Waals surface area contributed by atoms with Crippen LogP contribution < -0.4 is 14.8 Å². The second-order valence-electron chi connectivity index (χ2n) is 5.60. The number of aliphatic hydroxyl groups is 1. The third-order valence-corrected chi connectivity index (χ3v) is 3.60. The van der Waals surface area contributed by atoms with E-state index < -0.39 is 0 Å². The van der Waals surface area contributed by atoms with Gasteiger partial charge in [0.25, 0.3) is 0 Å². The zero-order valence-electron chi connectivity index (χ0n) is 13.5. The number of unbranched alkanes of at least 4 members (excludes halogenated alkanes) is 1. The molecule has 0 saturated carbocycles. The van der Waals surface area contributed by atoms with E-state index in [1.54, 1.807) is 7.11 Å². The standard InChI is InChI=1S/C17H29NO3/c1-4-12-18-17(2,14-19)11-7-8-13-21-16-10-6-5-9-15(16)20-3/h5-6,9-10,18-19H,4,7-8,11-14H2,1-3H3. The first-order valence-corrected chi connectivity index (χ1v) is 7.77. The van der Waals surface area contributed by atoms with Gasteiger partial charge < -0.3 is 19.9 Å². The van der Waals surface area contributed by atoms with Gasteiger partial charge in [-0.15, -0.1) is 0 Å². The number of rotatable bonds is 11. The lowest BCUT2D eigenvalue weighted by atomic mass is 9.95. The molecule has 0 radical (unpaired) electrons. The second-order valence-corrected chi connectivity index (χ2v) is 5.60. The number of para-hydroxylation sites is 2. The third kappa shape index (κ3) is 6.36. The second kappa shape index (κ2) is 9.64. The Morgan fingerprint density at radius 2 is 1.90 bits per heavy atom. The largest absolute Gasteiger partial charge is 0.493 e. The Kier molecular flexibility index (Phi) is 8.16. The first-order valence-electron chi connectivity index (χ1n) is 7.77. The number of methoxy groups -OCH3 is 1. The molecule has 2 N–H and O–H groups in total. The van der Waals surface area contributed by atoms with Crippen molar-refractivity contribution in [1.29, 1.82) is 0 Å². The minimum atomic E-state index is -0.180. The van der Waals surface area contributed by atoms with Crippen molar-refractivity contribution in [1.82, 2.24) is 5.32 Å². The molecule has 1 aromatic carbocycles. The molecule has 21 heavy (non-hydrogen) atoms. The topological polar surface area (TPSA) is 50.7 Å². The lowest BCUT2D eigenvalue weighted by molar-refractivity contribution is 0.160. The molecule has 0 fully saturated rings. The maximum absolute atomic E-state index is 9.50. The summed E-state index contributed by atoms with van der Waals surface area (Å²) in [7, 11) is 1.65. The molecular weight excluding hydrogens is 266 g/mol. The molecule has 0 aliphatic carbocycles. The van der Waals surface area contributed by atoms with Gasteiger partial charge in [-0.05, 0) is 51.3 Å². The van der Waals surface area contributed by atoms with Crippen molar-refractivity contribution in [2.75, 3.05) is 26.9 Å². The van der Waals surface area contributed by atoms with Gasteiger partial charge in [0.15, 0.2) is 11.5 Å². The lowest BCUT2D eigenvalue weighted by Crippen LogP contribution is -2.46. The molecule has 120 valence electrons. The van der Waals surface area contributed by atoms with Crippen molar-refractivity contribution < 1.29 is 14.6 Å². The van der Waals surface area contributed by atoms with Crippen LogP contribution in [0.25, 0.3) is 0 Å². The molecule has 0 aromatic heterocycles. The van der Waals surface area contributed by atoms with E-state index in [1.165, 1.54) is 0 Å². The molecule has 0 amide bonds. The molecule has 1 unspecified atom stereocenters. The van der Waals surface area contributed by atoms with Crippen molar-refractivity contribution in [3.05, 3.63) is 24.3 Å². The Balaban J connectivity index is 2.27. The monoisotopic (exact) mass is 295 g/mol. The number of ether oxygens (including phenoxy) is 2. The highest BCUT2D eigenvalue weighted by molar-refractivity contribution is 5.39.